The van der Waals surface area contributed by atoms with Crippen LogP contribution in [0.15, 0.2) is 45.9 Å². The lowest BCUT2D eigenvalue weighted by Gasteiger charge is -1.91. The molecule has 20 heavy (non-hydrogen) atoms. The topological polar surface area (TPSA) is 80.2 Å². The number of aromatic carboxylic acids is 1. The largest absolute Gasteiger partial charge is 0.478 e. The van der Waals surface area contributed by atoms with Crippen LogP contribution in [0.3, 0.4) is 0 Å². The van der Waals surface area contributed by atoms with Crippen molar-refractivity contribution in [2.45, 2.75) is 0 Å². The standard InChI is InChI=1S/C6H3BrClNO.C6H4BrNO2/c7-5-1-4(6(8)10)2-9-3-5;7-5-1-4(6(9)10)2-8-3-5/h1-3H;1-3H,(H,9,10). The Labute approximate surface area is 136 Å². The first-order valence-corrected chi connectivity index (χ1v) is 7.00. The molecule has 0 radical (unpaired) electrons. The summed E-state index contributed by atoms with van der Waals surface area (Å²) in [6, 6.07) is 3.11. The Morgan fingerprint density at radius 2 is 1.40 bits per heavy atom. The predicted molar refractivity (Wildman–Crippen MR) is 81.0 cm³/mol. The molecule has 0 saturated heterocycles. The Morgan fingerprint density at radius 1 is 0.950 bits per heavy atom. The predicted octanol–water partition coefficient (Wildman–Crippen LogP) is 3.77. The van der Waals surface area contributed by atoms with Gasteiger partial charge < -0.3 is 5.11 Å². The minimum absolute atomic E-state index is 0.189. The Bertz CT molecular complexity index is 582. The summed E-state index contributed by atoms with van der Waals surface area (Å²) in [7, 11) is 0. The van der Waals surface area contributed by atoms with Crippen molar-refractivity contribution in [2.24, 2.45) is 0 Å². The molecule has 5 nitrogen and oxygen atoms in total. The number of carboxylic acid groups (broad SMARTS) is 1. The molecular weight excluding hydrogens is 415 g/mol. The summed E-state index contributed by atoms with van der Waals surface area (Å²) in [4.78, 5) is 28.2. The molecule has 0 aliphatic rings. The van der Waals surface area contributed by atoms with Crippen molar-refractivity contribution < 1.29 is 14.7 Å². The van der Waals surface area contributed by atoms with Crippen molar-refractivity contribution in [3.8, 4) is 0 Å². The molecule has 2 rings (SSSR count). The van der Waals surface area contributed by atoms with Crippen molar-refractivity contribution in [2.75, 3.05) is 0 Å². The number of aromatic nitrogens is 2. The third-order valence-corrected chi connectivity index (χ3v) is 2.97. The molecular formula is C12H7Br2ClN2O3. The molecule has 0 saturated carbocycles. The average Bonchev–Trinajstić information content (AvgIpc) is 2.39. The van der Waals surface area contributed by atoms with Crippen LogP contribution in [0.1, 0.15) is 20.7 Å². The van der Waals surface area contributed by atoms with Gasteiger partial charge in [-0.15, -0.1) is 0 Å². The van der Waals surface area contributed by atoms with E-state index < -0.39 is 11.2 Å². The van der Waals surface area contributed by atoms with E-state index in [9.17, 15) is 9.59 Å². The van der Waals surface area contributed by atoms with Crippen LogP contribution in [-0.4, -0.2) is 26.3 Å². The molecule has 104 valence electrons. The van der Waals surface area contributed by atoms with Gasteiger partial charge in [-0.1, -0.05) is 0 Å². The molecule has 0 spiro atoms. The fourth-order valence-electron chi connectivity index (χ4n) is 1.05. The highest BCUT2D eigenvalue weighted by atomic mass is 79.9. The normalized spacial score (nSPS) is 9.35. The Hall–Kier alpha value is -1.31. The minimum atomic E-state index is -0.964. The Kier molecular flexibility index (Phi) is 6.77. The van der Waals surface area contributed by atoms with Gasteiger partial charge in [0.1, 0.15) is 0 Å². The third kappa shape index (κ3) is 5.77. The minimum Gasteiger partial charge on any atom is -0.478 e. The maximum Gasteiger partial charge on any atom is 0.337 e. The van der Waals surface area contributed by atoms with Crippen LogP contribution in [0.25, 0.3) is 0 Å². The number of carboxylic acids is 1. The second kappa shape index (κ2) is 8.08. The molecule has 1 N–H and O–H groups in total. The molecule has 0 aliphatic heterocycles. The lowest BCUT2D eigenvalue weighted by Crippen LogP contribution is -1.95. The van der Waals surface area contributed by atoms with Crippen LogP contribution in [0, 0.1) is 0 Å². The molecule has 0 bridgehead atoms. The van der Waals surface area contributed by atoms with Crippen molar-refractivity contribution >= 4 is 54.7 Å². The number of carbonyl (C=O) groups excluding carboxylic acids is 1. The number of hydrogen-bond acceptors (Lipinski definition) is 4. The van der Waals surface area contributed by atoms with Gasteiger partial charge in [0, 0.05) is 33.7 Å². The smallest absolute Gasteiger partial charge is 0.337 e. The number of halogens is 3. The summed E-state index contributed by atoms with van der Waals surface area (Å²) in [5.41, 5.74) is 0.588. The zero-order chi connectivity index (χ0) is 15.1. The molecule has 0 unspecified atom stereocenters. The Balaban J connectivity index is 0.000000200. The van der Waals surface area contributed by atoms with Gasteiger partial charge in [-0.3, -0.25) is 14.8 Å². The van der Waals surface area contributed by atoms with Crippen molar-refractivity contribution in [3.05, 3.63) is 57.0 Å². The van der Waals surface area contributed by atoms with Gasteiger partial charge in [0.15, 0.2) is 0 Å². The van der Waals surface area contributed by atoms with E-state index >= 15 is 0 Å². The fraction of sp³-hybridized carbons (Fsp3) is 0. The lowest BCUT2D eigenvalue weighted by molar-refractivity contribution is 0.0696. The quantitative estimate of drug-likeness (QED) is 0.746. The highest BCUT2D eigenvalue weighted by Gasteiger charge is 2.01. The molecule has 0 amide bonds. The van der Waals surface area contributed by atoms with E-state index in [1.54, 1.807) is 12.3 Å². The van der Waals surface area contributed by atoms with Crippen molar-refractivity contribution in [1.29, 1.82) is 0 Å². The SMILES string of the molecule is O=C(Cl)c1cncc(Br)c1.O=C(O)c1cncc(Br)c1. The van der Waals surface area contributed by atoms with Crippen molar-refractivity contribution in [1.82, 2.24) is 9.97 Å². The summed E-state index contributed by atoms with van der Waals surface area (Å²) in [5, 5.41) is 7.96. The second-order valence-corrected chi connectivity index (χ2v) is 5.54. The summed E-state index contributed by atoms with van der Waals surface area (Å²) in [5.74, 6) is -0.964. The van der Waals surface area contributed by atoms with Crippen molar-refractivity contribution in [3.63, 3.8) is 0 Å². The van der Waals surface area contributed by atoms with Crippen LogP contribution < -0.4 is 0 Å². The summed E-state index contributed by atoms with van der Waals surface area (Å²) < 4.78 is 1.42. The highest BCUT2D eigenvalue weighted by molar-refractivity contribution is 9.10. The molecule has 2 heterocycles. The molecule has 0 aromatic carbocycles. The summed E-state index contributed by atoms with van der Waals surface area (Å²) in [6.45, 7) is 0. The van der Waals surface area contributed by atoms with E-state index in [1.165, 1.54) is 24.7 Å². The van der Waals surface area contributed by atoms with E-state index in [4.69, 9.17) is 16.7 Å². The lowest BCUT2D eigenvalue weighted by atomic mass is 10.3. The van der Waals surface area contributed by atoms with Gasteiger partial charge in [0.2, 0.25) is 0 Å². The van der Waals surface area contributed by atoms with Gasteiger partial charge in [0.05, 0.1) is 11.1 Å². The Morgan fingerprint density at radius 3 is 1.70 bits per heavy atom. The van der Waals surface area contributed by atoms with Crippen LogP contribution in [-0.2, 0) is 0 Å². The van der Waals surface area contributed by atoms with Crippen LogP contribution >= 0.6 is 43.5 Å². The maximum atomic E-state index is 10.5. The first kappa shape index (κ1) is 16.7. The number of nitrogens with zero attached hydrogens (tertiary/aromatic N) is 2. The van der Waals surface area contributed by atoms with E-state index in [-0.39, 0.29) is 5.56 Å². The molecule has 0 atom stereocenters. The third-order valence-electron chi connectivity index (χ3n) is 1.88. The molecule has 8 heteroatoms. The summed E-state index contributed by atoms with van der Waals surface area (Å²) >= 11 is 11.4. The van der Waals surface area contributed by atoms with E-state index in [0.29, 0.717) is 10.0 Å². The highest BCUT2D eigenvalue weighted by Crippen LogP contribution is 2.11. The first-order chi connectivity index (χ1) is 9.40. The number of pyridine rings is 2. The number of carbonyl (C=O) groups is 2. The molecule has 2 aromatic heterocycles. The monoisotopic (exact) mass is 420 g/mol. The number of rotatable bonds is 2. The van der Waals surface area contributed by atoms with Crippen LogP contribution in [0.5, 0.6) is 0 Å². The van der Waals surface area contributed by atoms with Crippen LogP contribution in [0.4, 0.5) is 0 Å². The van der Waals surface area contributed by atoms with Gasteiger partial charge in [-0.2, -0.15) is 0 Å². The molecule has 0 aliphatic carbocycles. The maximum absolute atomic E-state index is 10.5. The summed E-state index contributed by atoms with van der Waals surface area (Å²) in [6.07, 6.45) is 5.84. The van der Waals surface area contributed by atoms with E-state index in [1.807, 2.05) is 0 Å². The molecule has 2 aromatic rings. The van der Waals surface area contributed by atoms with E-state index in [2.05, 4.69) is 41.8 Å². The first-order valence-electron chi connectivity index (χ1n) is 5.04. The van der Waals surface area contributed by atoms with Gasteiger partial charge >= 0.3 is 5.97 Å². The van der Waals surface area contributed by atoms with Crippen LogP contribution in [0.2, 0.25) is 0 Å². The number of hydrogen-bond donors (Lipinski definition) is 1. The zero-order valence-electron chi connectivity index (χ0n) is 9.76. The van der Waals surface area contributed by atoms with Gasteiger partial charge in [0.25, 0.3) is 5.24 Å². The van der Waals surface area contributed by atoms with Gasteiger partial charge in [-0.25, -0.2) is 4.79 Å². The second-order valence-electron chi connectivity index (χ2n) is 3.36. The van der Waals surface area contributed by atoms with Gasteiger partial charge in [-0.05, 0) is 55.6 Å². The average molecular weight is 422 g/mol. The fourth-order valence-corrected chi connectivity index (χ4v) is 1.88. The van der Waals surface area contributed by atoms with E-state index in [0.717, 1.165) is 4.47 Å². The molecule has 0 fully saturated rings. The zero-order valence-corrected chi connectivity index (χ0v) is 13.7.